The molecule has 0 spiro atoms. The standard InChI is InChI=1S/C14H17Cl3N2O5S2/c1-8-3-4-12(9(2)5-8)26(23,24)19-11-7-25(21,22)6-10(11)18-13(20)14(15,16)17/h3-5,10-11,19H,6-7H2,1-2H3,(H,18,20)/t10-,11-/m1/s1. The first-order chi connectivity index (χ1) is 11.7. The second-order valence-corrected chi connectivity index (χ2v) is 12.3. The molecule has 0 saturated carbocycles. The van der Waals surface area contributed by atoms with Gasteiger partial charge in [-0.05, 0) is 25.5 Å². The Morgan fingerprint density at radius 3 is 2.27 bits per heavy atom. The summed E-state index contributed by atoms with van der Waals surface area (Å²) in [6.45, 7) is 3.46. The van der Waals surface area contributed by atoms with E-state index >= 15 is 0 Å². The van der Waals surface area contributed by atoms with Crippen LogP contribution in [0, 0.1) is 13.8 Å². The van der Waals surface area contributed by atoms with Gasteiger partial charge in [-0.15, -0.1) is 0 Å². The largest absolute Gasteiger partial charge is 0.347 e. The average Bonchev–Trinajstić information content (AvgIpc) is 2.70. The number of aryl methyl sites for hydroxylation is 2. The van der Waals surface area contributed by atoms with E-state index in [0.717, 1.165) is 5.56 Å². The van der Waals surface area contributed by atoms with E-state index < -0.39 is 53.1 Å². The highest BCUT2D eigenvalue weighted by Gasteiger charge is 2.43. The van der Waals surface area contributed by atoms with Crippen LogP contribution in [0.1, 0.15) is 11.1 Å². The molecule has 12 heteroatoms. The summed E-state index contributed by atoms with van der Waals surface area (Å²) in [6, 6.07) is 2.63. The van der Waals surface area contributed by atoms with Crippen LogP contribution in [0.25, 0.3) is 0 Å². The van der Waals surface area contributed by atoms with Crippen molar-refractivity contribution in [1.29, 1.82) is 0 Å². The Hall–Kier alpha value is -0.580. The maximum absolute atomic E-state index is 12.7. The lowest BCUT2D eigenvalue weighted by molar-refractivity contribution is -0.120. The van der Waals surface area contributed by atoms with Crippen molar-refractivity contribution in [2.75, 3.05) is 11.5 Å². The topological polar surface area (TPSA) is 109 Å². The van der Waals surface area contributed by atoms with Crippen molar-refractivity contribution in [3.05, 3.63) is 29.3 Å². The molecule has 146 valence electrons. The van der Waals surface area contributed by atoms with Gasteiger partial charge in [-0.25, -0.2) is 21.6 Å². The summed E-state index contributed by atoms with van der Waals surface area (Å²) in [6.07, 6.45) is 0. The van der Waals surface area contributed by atoms with Gasteiger partial charge >= 0.3 is 0 Å². The van der Waals surface area contributed by atoms with Crippen molar-refractivity contribution in [2.45, 2.75) is 34.6 Å². The van der Waals surface area contributed by atoms with Gasteiger partial charge in [-0.3, -0.25) is 4.79 Å². The van der Waals surface area contributed by atoms with E-state index in [1.54, 1.807) is 19.1 Å². The summed E-state index contributed by atoms with van der Waals surface area (Å²) in [5.41, 5.74) is 1.40. The van der Waals surface area contributed by atoms with E-state index in [-0.39, 0.29) is 4.90 Å². The summed E-state index contributed by atoms with van der Waals surface area (Å²) in [5, 5.41) is 2.28. The maximum atomic E-state index is 12.7. The van der Waals surface area contributed by atoms with Crippen LogP contribution in [0.15, 0.2) is 23.1 Å². The predicted octanol–water partition coefficient (Wildman–Crippen LogP) is 1.23. The van der Waals surface area contributed by atoms with Gasteiger partial charge in [0.15, 0.2) is 9.84 Å². The molecule has 0 bridgehead atoms. The molecule has 1 fully saturated rings. The zero-order valence-electron chi connectivity index (χ0n) is 13.8. The van der Waals surface area contributed by atoms with E-state index in [0.29, 0.717) is 5.56 Å². The van der Waals surface area contributed by atoms with Crippen LogP contribution in [-0.4, -0.2) is 50.1 Å². The predicted molar refractivity (Wildman–Crippen MR) is 101 cm³/mol. The summed E-state index contributed by atoms with van der Waals surface area (Å²) in [4.78, 5) is 11.9. The maximum Gasteiger partial charge on any atom is 0.272 e. The van der Waals surface area contributed by atoms with Gasteiger partial charge in [0.05, 0.1) is 28.5 Å². The summed E-state index contributed by atoms with van der Waals surface area (Å²) < 4.78 is 49.2. The van der Waals surface area contributed by atoms with Crippen LogP contribution in [0.5, 0.6) is 0 Å². The number of hydrogen-bond donors (Lipinski definition) is 2. The van der Waals surface area contributed by atoms with Crippen LogP contribution in [0.3, 0.4) is 0 Å². The van der Waals surface area contributed by atoms with Gasteiger partial charge in [0.25, 0.3) is 9.70 Å². The third-order valence-corrected chi connectivity index (χ3v) is 7.75. The number of halogens is 3. The number of amides is 1. The Labute approximate surface area is 167 Å². The van der Waals surface area contributed by atoms with Crippen LogP contribution in [0.2, 0.25) is 0 Å². The molecule has 2 atom stereocenters. The molecular formula is C14H17Cl3N2O5S2. The van der Waals surface area contributed by atoms with Gasteiger partial charge in [0.2, 0.25) is 10.0 Å². The molecule has 1 heterocycles. The molecule has 0 unspecified atom stereocenters. The molecule has 7 nitrogen and oxygen atoms in total. The van der Waals surface area contributed by atoms with E-state index in [9.17, 15) is 21.6 Å². The highest BCUT2D eigenvalue weighted by Crippen LogP contribution is 2.27. The molecule has 2 N–H and O–H groups in total. The Bertz CT molecular complexity index is 926. The van der Waals surface area contributed by atoms with Crippen molar-refractivity contribution >= 4 is 60.6 Å². The third-order valence-electron chi connectivity index (χ3n) is 3.85. The fourth-order valence-electron chi connectivity index (χ4n) is 2.72. The number of carbonyl (C=O) groups is 1. The molecule has 1 aromatic carbocycles. The number of alkyl halides is 3. The Morgan fingerprint density at radius 2 is 1.73 bits per heavy atom. The highest BCUT2D eigenvalue weighted by atomic mass is 35.6. The number of hydrogen-bond acceptors (Lipinski definition) is 5. The highest BCUT2D eigenvalue weighted by molar-refractivity contribution is 7.92. The van der Waals surface area contributed by atoms with Gasteiger partial charge in [-0.1, -0.05) is 52.5 Å². The minimum Gasteiger partial charge on any atom is -0.347 e. The summed E-state index contributed by atoms with van der Waals surface area (Å²) in [7, 11) is -7.59. The first kappa shape index (κ1) is 21.7. The smallest absolute Gasteiger partial charge is 0.272 e. The van der Waals surface area contributed by atoms with Crippen molar-refractivity contribution in [3.8, 4) is 0 Å². The number of nitrogens with one attached hydrogen (secondary N) is 2. The van der Waals surface area contributed by atoms with Crippen molar-refractivity contribution in [1.82, 2.24) is 10.0 Å². The molecule has 1 saturated heterocycles. The lowest BCUT2D eigenvalue weighted by Gasteiger charge is -2.23. The number of rotatable bonds is 4. The molecular weight excluding hydrogens is 447 g/mol. The zero-order valence-corrected chi connectivity index (χ0v) is 17.7. The van der Waals surface area contributed by atoms with Crippen LogP contribution >= 0.6 is 34.8 Å². The van der Waals surface area contributed by atoms with E-state index in [1.807, 2.05) is 6.92 Å². The lowest BCUT2D eigenvalue weighted by atomic mass is 10.2. The molecule has 1 aliphatic rings. The molecule has 0 aliphatic carbocycles. The molecule has 1 amide bonds. The second kappa shape index (κ2) is 7.44. The number of benzene rings is 1. The minimum absolute atomic E-state index is 0.0267. The summed E-state index contributed by atoms with van der Waals surface area (Å²) >= 11 is 16.4. The quantitative estimate of drug-likeness (QED) is 0.653. The fraction of sp³-hybridized carbons (Fsp3) is 0.500. The minimum atomic E-state index is -4.01. The van der Waals surface area contributed by atoms with Gasteiger partial charge in [0.1, 0.15) is 0 Å². The van der Waals surface area contributed by atoms with Gasteiger partial charge in [-0.2, -0.15) is 0 Å². The molecule has 26 heavy (non-hydrogen) atoms. The van der Waals surface area contributed by atoms with E-state index in [4.69, 9.17) is 34.8 Å². The fourth-order valence-corrected chi connectivity index (χ4v) is 6.35. The number of carbonyl (C=O) groups excluding carboxylic acids is 1. The first-order valence-electron chi connectivity index (χ1n) is 7.39. The van der Waals surface area contributed by atoms with Crippen LogP contribution < -0.4 is 10.0 Å². The Balaban J connectivity index is 2.28. The van der Waals surface area contributed by atoms with Crippen molar-refractivity contribution in [3.63, 3.8) is 0 Å². The lowest BCUT2D eigenvalue weighted by Crippen LogP contribution is -2.53. The van der Waals surface area contributed by atoms with Gasteiger partial charge < -0.3 is 5.32 Å². The Kier molecular flexibility index (Phi) is 6.22. The first-order valence-corrected chi connectivity index (χ1v) is 11.8. The monoisotopic (exact) mass is 462 g/mol. The second-order valence-electron chi connectivity index (χ2n) is 6.15. The SMILES string of the molecule is Cc1ccc(S(=O)(=O)N[C@@H]2CS(=O)(=O)C[C@H]2NC(=O)C(Cl)(Cl)Cl)c(C)c1. The van der Waals surface area contributed by atoms with Crippen LogP contribution in [-0.2, 0) is 24.7 Å². The van der Waals surface area contributed by atoms with Crippen molar-refractivity contribution in [2.24, 2.45) is 0 Å². The Morgan fingerprint density at radius 1 is 1.15 bits per heavy atom. The third kappa shape index (κ3) is 5.24. The molecule has 0 radical (unpaired) electrons. The molecule has 0 aromatic heterocycles. The van der Waals surface area contributed by atoms with Crippen LogP contribution in [0.4, 0.5) is 0 Å². The van der Waals surface area contributed by atoms with E-state index in [1.165, 1.54) is 6.07 Å². The average molecular weight is 464 g/mol. The van der Waals surface area contributed by atoms with Crippen molar-refractivity contribution < 1.29 is 21.6 Å². The normalized spacial score (nSPS) is 23.0. The van der Waals surface area contributed by atoms with Gasteiger partial charge in [0, 0.05) is 0 Å². The molecule has 1 aromatic rings. The summed E-state index contributed by atoms with van der Waals surface area (Å²) in [5.74, 6) is -1.96. The molecule has 1 aliphatic heterocycles. The zero-order chi connectivity index (χ0) is 19.9. The number of sulfone groups is 1. The molecule has 2 rings (SSSR count). The number of sulfonamides is 1. The van der Waals surface area contributed by atoms with E-state index in [2.05, 4.69) is 10.0 Å².